The maximum atomic E-state index is 12.1. The molecule has 110 valence electrons. The van der Waals surface area contributed by atoms with Crippen LogP contribution in [0.2, 0.25) is 0 Å². The van der Waals surface area contributed by atoms with Crippen molar-refractivity contribution in [2.75, 3.05) is 11.4 Å². The van der Waals surface area contributed by atoms with Crippen molar-refractivity contribution in [2.45, 2.75) is 38.6 Å². The van der Waals surface area contributed by atoms with Gasteiger partial charge in [0.25, 0.3) is 0 Å². The normalized spacial score (nSPS) is 14.5. The zero-order valence-electron chi connectivity index (χ0n) is 12.1. The highest BCUT2D eigenvalue weighted by molar-refractivity contribution is 5.98. The smallest absolute Gasteiger partial charge is 0.240 e. The van der Waals surface area contributed by atoms with E-state index in [1.807, 2.05) is 0 Å². The van der Waals surface area contributed by atoms with E-state index in [1.165, 1.54) is 11.8 Å². The molecule has 1 aromatic rings. The molecule has 1 aromatic carbocycles. The van der Waals surface area contributed by atoms with Crippen LogP contribution in [0.15, 0.2) is 24.3 Å². The van der Waals surface area contributed by atoms with Crippen LogP contribution in [0.5, 0.6) is 0 Å². The Hall–Kier alpha value is -2.35. The Morgan fingerprint density at radius 1 is 1.33 bits per heavy atom. The molecule has 0 unspecified atom stereocenters. The number of anilines is 1. The lowest BCUT2D eigenvalue weighted by atomic mass is 10.1. The summed E-state index contributed by atoms with van der Waals surface area (Å²) in [5.41, 5.74) is 0.871. The Morgan fingerprint density at radius 2 is 2.00 bits per heavy atom. The minimum atomic E-state index is -0.251. The topological polar surface area (TPSA) is 73.2 Å². The Kier molecular flexibility index (Phi) is 4.94. The fourth-order valence-corrected chi connectivity index (χ4v) is 2.66. The highest BCUT2D eigenvalue weighted by Gasteiger charge is 2.21. The maximum Gasteiger partial charge on any atom is 0.240 e. The fourth-order valence-electron chi connectivity index (χ4n) is 2.66. The highest BCUT2D eigenvalue weighted by Crippen LogP contribution is 2.20. The average molecular weight is 285 g/mol. The summed E-state index contributed by atoms with van der Waals surface area (Å²) in [6.07, 6.45) is 4.28. The summed E-state index contributed by atoms with van der Waals surface area (Å²) in [4.78, 5) is 25.3. The fraction of sp³-hybridized carbons (Fsp3) is 0.438. The van der Waals surface area contributed by atoms with Gasteiger partial charge in [-0.2, -0.15) is 5.26 Å². The van der Waals surface area contributed by atoms with Gasteiger partial charge in [0.15, 0.2) is 0 Å². The third-order valence-electron chi connectivity index (χ3n) is 3.72. The molecule has 1 aliphatic rings. The molecule has 5 heteroatoms. The largest absolute Gasteiger partial charge is 0.352 e. The van der Waals surface area contributed by atoms with Crippen molar-refractivity contribution < 1.29 is 9.59 Å². The summed E-state index contributed by atoms with van der Waals surface area (Å²) in [5, 5.41) is 12.1. The molecular formula is C16H19N3O2. The van der Waals surface area contributed by atoms with Gasteiger partial charge in [-0.1, -0.05) is 25.0 Å². The summed E-state index contributed by atoms with van der Waals surface area (Å²) in [5.74, 6) is -0.427. The molecule has 1 fully saturated rings. The first-order valence-electron chi connectivity index (χ1n) is 7.18. The lowest BCUT2D eigenvalue weighted by Crippen LogP contribution is -2.43. The number of nitrogens with one attached hydrogen (secondary N) is 1. The maximum absolute atomic E-state index is 12.1. The number of hydrogen-bond donors (Lipinski definition) is 1. The Bertz CT molecular complexity index is 571. The molecule has 0 spiro atoms. The quantitative estimate of drug-likeness (QED) is 0.919. The Morgan fingerprint density at radius 3 is 2.62 bits per heavy atom. The molecule has 5 nitrogen and oxygen atoms in total. The van der Waals surface area contributed by atoms with Crippen LogP contribution in [0.1, 0.15) is 38.2 Å². The van der Waals surface area contributed by atoms with Gasteiger partial charge in [-0.05, 0) is 25.0 Å². The van der Waals surface area contributed by atoms with Crippen molar-refractivity contribution in [3.8, 4) is 6.07 Å². The second-order valence-electron chi connectivity index (χ2n) is 5.28. The van der Waals surface area contributed by atoms with E-state index in [-0.39, 0.29) is 24.4 Å². The predicted molar refractivity (Wildman–Crippen MR) is 79.6 cm³/mol. The van der Waals surface area contributed by atoms with Crippen molar-refractivity contribution >= 4 is 17.5 Å². The van der Waals surface area contributed by atoms with Gasteiger partial charge in [-0.3, -0.25) is 9.59 Å². The number of amides is 2. The molecule has 1 saturated carbocycles. The van der Waals surface area contributed by atoms with Gasteiger partial charge in [0.05, 0.1) is 11.3 Å². The molecule has 1 N–H and O–H groups in total. The number of carbonyl (C=O) groups is 2. The SMILES string of the molecule is CC(=O)N(CC(=O)NC1CCCC1)c1ccccc1C#N. The van der Waals surface area contributed by atoms with Gasteiger partial charge in [-0.15, -0.1) is 0 Å². The van der Waals surface area contributed by atoms with E-state index in [4.69, 9.17) is 5.26 Å². The zero-order valence-corrected chi connectivity index (χ0v) is 12.1. The summed E-state index contributed by atoms with van der Waals surface area (Å²) in [6, 6.07) is 9.08. The van der Waals surface area contributed by atoms with Crippen LogP contribution >= 0.6 is 0 Å². The van der Waals surface area contributed by atoms with Crippen molar-refractivity contribution in [3.63, 3.8) is 0 Å². The van der Waals surface area contributed by atoms with Crippen LogP contribution in [0.3, 0.4) is 0 Å². The molecular weight excluding hydrogens is 266 g/mol. The number of carbonyl (C=O) groups excluding carboxylic acids is 2. The third-order valence-corrected chi connectivity index (χ3v) is 3.72. The molecule has 21 heavy (non-hydrogen) atoms. The van der Waals surface area contributed by atoms with Crippen molar-refractivity contribution in [2.24, 2.45) is 0 Å². The third kappa shape index (κ3) is 3.82. The van der Waals surface area contributed by atoms with E-state index < -0.39 is 0 Å². The molecule has 0 radical (unpaired) electrons. The molecule has 2 amide bonds. The van der Waals surface area contributed by atoms with E-state index >= 15 is 0 Å². The summed E-state index contributed by atoms with van der Waals surface area (Å²) in [7, 11) is 0. The number of para-hydroxylation sites is 1. The van der Waals surface area contributed by atoms with E-state index in [0.29, 0.717) is 11.3 Å². The van der Waals surface area contributed by atoms with Gasteiger partial charge in [0.2, 0.25) is 11.8 Å². The second-order valence-corrected chi connectivity index (χ2v) is 5.28. The molecule has 0 bridgehead atoms. The van der Waals surface area contributed by atoms with Crippen LogP contribution in [0, 0.1) is 11.3 Å². The molecule has 0 atom stereocenters. The lowest BCUT2D eigenvalue weighted by molar-refractivity contribution is -0.123. The van der Waals surface area contributed by atoms with Crippen LogP contribution in [0.4, 0.5) is 5.69 Å². The number of benzene rings is 1. The van der Waals surface area contributed by atoms with Crippen LogP contribution in [0.25, 0.3) is 0 Å². The minimum Gasteiger partial charge on any atom is -0.352 e. The number of hydrogen-bond acceptors (Lipinski definition) is 3. The Balaban J connectivity index is 2.10. The van der Waals surface area contributed by atoms with Gasteiger partial charge in [-0.25, -0.2) is 0 Å². The van der Waals surface area contributed by atoms with E-state index in [2.05, 4.69) is 11.4 Å². The number of nitriles is 1. The van der Waals surface area contributed by atoms with Crippen molar-refractivity contribution in [3.05, 3.63) is 29.8 Å². The number of nitrogens with zero attached hydrogens (tertiary/aromatic N) is 2. The second kappa shape index (κ2) is 6.89. The van der Waals surface area contributed by atoms with Crippen LogP contribution < -0.4 is 10.2 Å². The average Bonchev–Trinajstić information content (AvgIpc) is 2.97. The van der Waals surface area contributed by atoms with E-state index in [0.717, 1.165) is 25.7 Å². The first-order chi connectivity index (χ1) is 10.1. The molecule has 0 aromatic heterocycles. The zero-order chi connectivity index (χ0) is 15.2. The standard InChI is InChI=1S/C16H19N3O2/c1-12(20)19(15-9-5-2-6-13(15)10-17)11-16(21)18-14-7-3-4-8-14/h2,5-6,9,14H,3-4,7-8,11H2,1H3,(H,18,21). The van der Waals surface area contributed by atoms with Crippen LogP contribution in [-0.4, -0.2) is 24.4 Å². The summed E-state index contributed by atoms with van der Waals surface area (Å²) in [6.45, 7) is 1.35. The van der Waals surface area contributed by atoms with Gasteiger partial charge < -0.3 is 10.2 Å². The van der Waals surface area contributed by atoms with E-state index in [9.17, 15) is 9.59 Å². The highest BCUT2D eigenvalue weighted by atomic mass is 16.2. The lowest BCUT2D eigenvalue weighted by Gasteiger charge is -2.22. The molecule has 2 rings (SSSR count). The minimum absolute atomic E-state index is 0.0511. The predicted octanol–water partition coefficient (Wildman–Crippen LogP) is 1.97. The van der Waals surface area contributed by atoms with Crippen molar-refractivity contribution in [1.29, 1.82) is 5.26 Å². The van der Waals surface area contributed by atoms with Crippen molar-refractivity contribution in [1.82, 2.24) is 5.32 Å². The number of rotatable bonds is 4. The summed E-state index contributed by atoms with van der Waals surface area (Å²) >= 11 is 0. The van der Waals surface area contributed by atoms with E-state index in [1.54, 1.807) is 24.3 Å². The monoisotopic (exact) mass is 285 g/mol. The van der Waals surface area contributed by atoms with Gasteiger partial charge >= 0.3 is 0 Å². The molecule has 1 aliphatic carbocycles. The molecule has 0 heterocycles. The first kappa shape index (κ1) is 15.0. The molecule has 0 aliphatic heterocycles. The Labute approximate surface area is 124 Å². The van der Waals surface area contributed by atoms with Crippen LogP contribution in [-0.2, 0) is 9.59 Å². The summed E-state index contributed by atoms with van der Waals surface area (Å²) < 4.78 is 0. The first-order valence-corrected chi connectivity index (χ1v) is 7.18. The molecule has 0 saturated heterocycles. The van der Waals surface area contributed by atoms with Gasteiger partial charge in [0.1, 0.15) is 12.6 Å². The van der Waals surface area contributed by atoms with Gasteiger partial charge in [0, 0.05) is 13.0 Å².